The molecule has 0 saturated carbocycles. The first-order chi connectivity index (χ1) is 14.1. The summed E-state index contributed by atoms with van der Waals surface area (Å²) in [6.07, 6.45) is 2.17. The number of aromatic nitrogens is 1. The van der Waals surface area contributed by atoms with Crippen LogP contribution in [0.4, 0.5) is 5.13 Å². The van der Waals surface area contributed by atoms with Crippen LogP contribution in [0, 0.1) is 13.8 Å². The average Bonchev–Trinajstić information content (AvgIpc) is 3.39. The average molecular weight is 427 g/mol. The molecule has 1 aliphatic rings. The van der Waals surface area contributed by atoms with Crippen LogP contribution in [0.3, 0.4) is 0 Å². The number of amides is 1. The highest BCUT2D eigenvalue weighted by Crippen LogP contribution is 2.33. The minimum atomic E-state index is 0.105. The largest absolute Gasteiger partial charge is 0.376 e. The summed E-state index contributed by atoms with van der Waals surface area (Å²) in [5.74, 6) is 1.38. The van der Waals surface area contributed by atoms with Crippen LogP contribution in [0.25, 0.3) is 10.2 Å². The number of fused-ring (bicyclic) bond motifs is 1. The molecule has 3 aromatic rings. The monoisotopic (exact) mass is 426 g/mol. The van der Waals surface area contributed by atoms with E-state index in [0.29, 0.717) is 12.3 Å². The fraction of sp³-hybridized carbons (Fsp3) is 0.391. The molecule has 1 atom stereocenters. The number of benzene rings is 2. The van der Waals surface area contributed by atoms with E-state index < -0.39 is 0 Å². The second kappa shape index (κ2) is 9.28. The molecule has 0 spiro atoms. The van der Waals surface area contributed by atoms with Crippen LogP contribution in [0.15, 0.2) is 42.5 Å². The lowest BCUT2D eigenvalue weighted by Gasteiger charge is -2.23. The Morgan fingerprint density at radius 3 is 2.83 bits per heavy atom. The van der Waals surface area contributed by atoms with Crippen LogP contribution in [0.2, 0.25) is 0 Å². The first kappa shape index (κ1) is 20.4. The summed E-state index contributed by atoms with van der Waals surface area (Å²) in [5.41, 5.74) is 4.66. The van der Waals surface area contributed by atoms with Crippen LogP contribution < -0.4 is 4.90 Å². The summed E-state index contributed by atoms with van der Waals surface area (Å²) in [4.78, 5) is 19.9. The van der Waals surface area contributed by atoms with Crippen molar-refractivity contribution >= 4 is 44.4 Å². The SMILES string of the molecule is Cc1ccc2sc(N(CC3CCCO3)C(=O)CSCc3ccccc3)nc2c1C. The van der Waals surface area contributed by atoms with Crippen molar-refractivity contribution in [3.8, 4) is 0 Å². The summed E-state index contributed by atoms with van der Waals surface area (Å²) < 4.78 is 6.95. The molecule has 6 heteroatoms. The van der Waals surface area contributed by atoms with Crippen molar-refractivity contribution in [1.82, 2.24) is 4.98 Å². The van der Waals surface area contributed by atoms with Crippen LogP contribution >= 0.6 is 23.1 Å². The predicted molar refractivity (Wildman–Crippen MR) is 123 cm³/mol. The Bertz CT molecular complexity index is 981. The van der Waals surface area contributed by atoms with E-state index in [1.54, 1.807) is 23.1 Å². The number of nitrogens with zero attached hydrogens (tertiary/aromatic N) is 2. The van der Waals surface area contributed by atoms with Gasteiger partial charge in [-0.2, -0.15) is 0 Å². The molecule has 1 saturated heterocycles. The maximum atomic E-state index is 13.2. The Labute approximate surface area is 180 Å². The molecule has 0 radical (unpaired) electrons. The van der Waals surface area contributed by atoms with Gasteiger partial charge in [0.15, 0.2) is 5.13 Å². The van der Waals surface area contributed by atoms with Gasteiger partial charge in [0.2, 0.25) is 5.91 Å². The van der Waals surface area contributed by atoms with E-state index in [0.717, 1.165) is 40.5 Å². The Morgan fingerprint density at radius 1 is 1.24 bits per heavy atom. The van der Waals surface area contributed by atoms with Gasteiger partial charge in [0.1, 0.15) is 0 Å². The van der Waals surface area contributed by atoms with Crippen molar-refractivity contribution in [2.45, 2.75) is 38.5 Å². The quantitative estimate of drug-likeness (QED) is 0.510. The molecule has 2 heterocycles. The van der Waals surface area contributed by atoms with Crippen molar-refractivity contribution in [3.63, 3.8) is 0 Å². The molecular weight excluding hydrogens is 400 g/mol. The topological polar surface area (TPSA) is 42.4 Å². The lowest BCUT2D eigenvalue weighted by atomic mass is 10.1. The molecule has 152 valence electrons. The number of thioether (sulfide) groups is 1. The molecular formula is C23H26N2O2S2. The van der Waals surface area contributed by atoms with Gasteiger partial charge in [0.05, 0.1) is 28.6 Å². The predicted octanol–water partition coefficient (Wildman–Crippen LogP) is 5.36. The second-order valence-electron chi connectivity index (χ2n) is 7.47. The number of aryl methyl sites for hydroxylation is 2. The van der Waals surface area contributed by atoms with Crippen molar-refractivity contribution in [3.05, 3.63) is 59.2 Å². The third-order valence-electron chi connectivity index (χ3n) is 5.35. The number of ether oxygens (including phenoxy) is 1. The number of anilines is 1. The second-order valence-corrected chi connectivity index (χ2v) is 9.46. The lowest BCUT2D eigenvalue weighted by molar-refractivity contribution is -0.116. The Kier molecular flexibility index (Phi) is 6.53. The van der Waals surface area contributed by atoms with Crippen molar-refractivity contribution < 1.29 is 9.53 Å². The van der Waals surface area contributed by atoms with Gasteiger partial charge in [-0.3, -0.25) is 9.69 Å². The number of carbonyl (C=O) groups excluding carboxylic acids is 1. The maximum Gasteiger partial charge on any atom is 0.238 e. The molecule has 1 fully saturated rings. The number of rotatable bonds is 7. The van der Waals surface area contributed by atoms with Crippen molar-refractivity contribution in [2.75, 3.05) is 23.8 Å². The molecule has 0 aliphatic carbocycles. The normalized spacial score (nSPS) is 16.4. The molecule has 0 bridgehead atoms. The molecule has 4 nitrogen and oxygen atoms in total. The van der Waals surface area contributed by atoms with Crippen LogP contribution in [-0.4, -0.2) is 35.9 Å². The number of hydrogen-bond acceptors (Lipinski definition) is 5. The summed E-state index contributed by atoms with van der Waals surface area (Å²) in [7, 11) is 0. The highest BCUT2D eigenvalue weighted by atomic mass is 32.2. The zero-order valence-corrected chi connectivity index (χ0v) is 18.5. The summed E-state index contributed by atoms with van der Waals surface area (Å²) in [5, 5.41) is 0.787. The standard InChI is InChI=1S/C23H26N2O2S2/c1-16-10-11-20-22(17(16)2)24-23(29-20)25(13-19-9-6-12-27-19)21(26)15-28-14-18-7-4-3-5-8-18/h3-5,7-8,10-11,19H,6,9,12-15H2,1-2H3. The number of thiazole rings is 1. The third-order valence-corrected chi connectivity index (χ3v) is 7.38. The Balaban J connectivity index is 1.52. The van der Waals surface area contributed by atoms with E-state index in [9.17, 15) is 4.79 Å². The zero-order valence-electron chi connectivity index (χ0n) is 16.9. The van der Waals surface area contributed by atoms with Crippen LogP contribution in [0.1, 0.15) is 29.5 Å². The van der Waals surface area contributed by atoms with E-state index >= 15 is 0 Å². The fourth-order valence-electron chi connectivity index (χ4n) is 3.52. The minimum Gasteiger partial charge on any atom is -0.376 e. The maximum absolute atomic E-state index is 13.2. The number of carbonyl (C=O) groups is 1. The van der Waals surface area contributed by atoms with Crippen molar-refractivity contribution in [1.29, 1.82) is 0 Å². The summed E-state index contributed by atoms with van der Waals surface area (Å²) >= 11 is 3.25. The molecule has 29 heavy (non-hydrogen) atoms. The molecule has 1 aromatic heterocycles. The highest BCUT2D eigenvalue weighted by Gasteiger charge is 2.26. The van der Waals surface area contributed by atoms with Gasteiger partial charge in [-0.15, -0.1) is 11.8 Å². The molecule has 0 N–H and O–H groups in total. The molecule has 1 unspecified atom stereocenters. The van der Waals surface area contributed by atoms with E-state index in [1.807, 2.05) is 23.1 Å². The van der Waals surface area contributed by atoms with E-state index in [4.69, 9.17) is 9.72 Å². The van der Waals surface area contributed by atoms with Gasteiger partial charge in [0.25, 0.3) is 0 Å². The summed E-state index contributed by atoms with van der Waals surface area (Å²) in [6.45, 7) is 5.57. The Hall–Kier alpha value is -1.89. The molecule has 1 amide bonds. The van der Waals surface area contributed by atoms with Gasteiger partial charge >= 0.3 is 0 Å². The van der Waals surface area contributed by atoms with E-state index in [-0.39, 0.29) is 12.0 Å². The smallest absolute Gasteiger partial charge is 0.238 e. The first-order valence-electron chi connectivity index (χ1n) is 10.0. The van der Waals surface area contributed by atoms with Gasteiger partial charge in [0, 0.05) is 12.4 Å². The van der Waals surface area contributed by atoms with Gasteiger partial charge in [-0.1, -0.05) is 47.7 Å². The van der Waals surface area contributed by atoms with Gasteiger partial charge in [-0.25, -0.2) is 4.98 Å². The lowest BCUT2D eigenvalue weighted by Crippen LogP contribution is -2.38. The highest BCUT2D eigenvalue weighted by molar-refractivity contribution is 7.99. The zero-order chi connectivity index (χ0) is 20.2. The molecule has 2 aromatic carbocycles. The van der Waals surface area contributed by atoms with Crippen molar-refractivity contribution in [2.24, 2.45) is 0 Å². The number of hydrogen-bond donors (Lipinski definition) is 0. The summed E-state index contributed by atoms with van der Waals surface area (Å²) in [6, 6.07) is 14.5. The molecule has 1 aliphatic heterocycles. The van der Waals surface area contributed by atoms with Crippen LogP contribution in [-0.2, 0) is 15.3 Å². The molecule has 4 rings (SSSR count). The third kappa shape index (κ3) is 4.82. The first-order valence-corrected chi connectivity index (χ1v) is 12.0. The van der Waals surface area contributed by atoms with E-state index in [1.165, 1.54) is 16.7 Å². The Morgan fingerprint density at radius 2 is 2.07 bits per heavy atom. The van der Waals surface area contributed by atoms with Gasteiger partial charge < -0.3 is 4.74 Å². The fourth-order valence-corrected chi connectivity index (χ4v) is 5.43. The minimum absolute atomic E-state index is 0.105. The van der Waals surface area contributed by atoms with Gasteiger partial charge in [-0.05, 0) is 49.4 Å². The van der Waals surface area contributed by atoms with E-state index in [2.05, 4.69) is 38.1 Å². The van der Waals surface area contributed by atoms with Crippen LogP contribution in [0.5, 0.6) is 0 Å².